The molecule has 3 rings (SSSR count). The number of carbonyl (C=O) groups excluding carboxylic acids is 2. The van der Waals surface area contributed by atoms with Crippen molar-refractivity contribution in [1.29, 1.82) is 0 Å². The fourth-order valence-electron chi connectivity index (χ4n) is 3.19. The maximum absolute atomic E-state index is 12.8. The van der Waals surface area contributed by atoms with Gasteiger partial charge in [0.15, 0.2) is 0 Å². The van der Waals surface area contributed by atoms with Gasteiger partial charge in [-0.2, -0.15) is 0 Å². The molecule has 6 heteroatoms. The number of amides is 2. The summed E-state index contributed by atoms with van der Waals surface area (Å²) in [6.07, 6.45) is 0. The van der Waals surface area contributed by atoms with E-state index < -0.39 is 6.04 Å². The molecule has 1 aliphatic rings. The second-order valence-electron chi connectivity index (χ2n) is 5.85. The van der Waals surface area contributed by atoms with Crippen LogP contribution in [0.2, 0.25) is 0 Å². The smallest absolute Gasteiger partial charge is 0.243 e. The summed E-state index contributed by atoms with van der Waals surface area (Å²) in [7, 11) is 1.60. The molecule has 23 heavy (non-hydrogen) atoms. The zero-order chi connectivity index (χ0) is 16.4. The Morgan fingerprint density at radius 2 is 2.13 bits per heavy atom. The Balaban J connectivity index is 1.84. The van der Waals surface area contributed by atoms with E-state index in [1.807, 2.05) is 35.8 Å². The fourth-order valence-corrected chi connectivity index (χ4v) is 3.19. The molecule has 0 spiro atoms. The molecule has 2 N–H and O–H groups in total. The molecule has 0 aliphatic carbocycles. The molecule has 2 aromatic rings. The Hall–Kier alpha value is -2.34. The minimum Gasteiger partial charge on any atom is -0.357 e. The predicted molar refractivity (Wildman–Crippen MR) is 89.1 cm³/mol. The van der Waals surface area contributed by atoms with Crippen molar-refractivity contribution in [3.8, 4) is 0 Å². The minimum atomic E-state index is -0.441. The number of piperazine rings is 1. The summed E-state index contributed by atoms with van der Waals surface area (Å²) in [5.74, 6) is -0.149. The van der Waals surface area contributed by atoms with Crippen molar-refractivity contribution < 1.29 is 9.59 Å². The Labute approximate surface area is 135 Å². The van der Waals surface area contributed by atoms with E-state index in [1.165, 1.54) is 0 Å². The molecule has 1 saturated heterocycles. The molecule has 1 atom stereocenters. The number of rotatable bonds is 3. The van der Waals surface area contributed by atoms with Crippen molar-refractivity contribution in [2.75, 3.05) is 26.7 Å². The van der Waals surface area contributed by atoms with E-state index in [9.17, 15) is 9.59 Å². The molecule has 1 fully saturated rings. The monoisotopic (exact) mass is 314 g/mol. The Bertz CT molecular complexity index is 737. The summed E-state index contributed by atoms with van der Waals surface area (Å²) < 4.78 is 2.01. The molecule has 0 unspecified atom stereocenters. The van der Waals surface area contributed by atoms with Gasteiger partial charge in [0.25, 0.3) is 0 Å². The molecule has 6 nitrogen and oxygen atoms in total. The Morgan fingerprint density at radius 3 is 2.91 bits per heavy atom. The highest BCUT2D eigenvalue weighted by molar-refractivity contribution is 5.89. The molecule has 1 aromatic heterocycles. The lowest BCUT2D eigenvalue weighted by molar-refractivity contribution is -0.141. The molecule has 1 aliphatic heterocycles. The summed E-state index contributed by atoms with van der Waals surface area (Å²) in [6, 6.07) is 9.66. The van der Waals surface area contributed by atoms with Gasteiger partial charge in [0, 0.05) is 37.9 Å². The molecule has 2 amide bonds. The highest BCUT2D eigenvalue weighted by Gasteiger charge is 2.31. The lowest BCUT2D eigenvalue weighted by atomic mass is 10.1. The van der Waals surface area contributed by atoms with Crippen molar-refractivity contribution >= 4 is 22.7 Å². The number of aryl methyl sites for hydroxylation is 1. The zero-order valence-corrected chi connectivity index (χ0v) is 13.5. The quantitative estimate of drug-likeness (QED) is 0.867. The van der Waals surface area contributed by atoms with Gasteiger partial charge in [0.05, 0.1) is 0 Å². The second-order valence-corrected chi connectivity index (χ2v) is 5.85. The van der Waals surface area contributed by atoms with Crippen LogP contribution < -0.4 is 10.6 Å². The summed E-state index contributed by atoms with van der Waals surface area (Å²) in [4.78, 5) is 26.5. The third-order valence-electron chi connectivity index (χ3n) is 4.42. The van der Waals surface area contributed by atoms with Crippen LogP contribution in [-0.4, -0.2) is 54.0 Å². The number of para-hydroxylation sites is 1. The number of benzene rings is 1. The van der Waals surface area contributed by atoms with E-state index >= 15 is 0 Å². The van der Waals surface area contributed by atoms with Crippen LogP contribution in [0.25, 0.3) is 10.9 Å². The predicted octanol–water partition coefficient (Wildman–Crippen LogP) is 0.496. The lowest BCUT2D eigenvalue weighted by Crippen LogP contribution is -2.59. The average molecular weight is 314 g/mol. The van der Waals surface area contributed by atoms with Crippen LogP contribution in [0.5, 0.6) is 0 Å². The molecule has 0 radical (unpaired) electrons. The first-order valence-electron chi connectivity index (χ1n) is 7.88. The third kappa shape index (κ3) is 2.94. The van der Waals surface area contributed by atoms with E-state index in [1.54, 1.807) is 11.9 Å². The number of likely N-dealkylation sites (N-methyl/N-ethyl adjacent to an activating group) is 1. The summed E-state index contributed by atoms with van der Waals surface area (Å²) in [5, 5.41) is 6.94. The maximum Gasteiger partial charge on any atom is 0.243 e. The van der Waals surface area contributed by atoms with Crippen LogP contribution in [-0.2, 0) is 16.1 Å². The van der Waals surface area contributed by atoms with Crippen LogP contribution in [0.15, 0.2) is 30.3 Å². The normalized spacial score (nSPS) is 18.2. The van der Waals surface area contributed by atoms with Gasteiger partial charge >= 0.3 is 0 Å². The van der Waals surface area contributed by atoms with E-state index in [2.05, 4.69) is 16.7 Å². The first-order valence-corrected chi connectivity index (χ1v) is 7.88. The first-order chi connectivity index (χ1) is 11.1. The third-order valence-corrected chi connectivity index (χ3v) is 4.42. The van der Waals surface area contributed by atoms with Gasteiger partial charge in [-0.25, -0.2) is 0 Å². The van der Waals surface area contributed by atoms with Crippen molar-refractivity contribution in [3.63, 3.8) is 0 Å². The van der Waals surface area contributed by atoms with E-state index in [0.29, 0.717) is 19.6 Å². The number of nitrogens with one attached hydrogen (secondary N) is 2. The highest BCUT2D eigenvalue weighted by Crippen LogP contribution is 2.19. The molecule has 1 aromatic carbocycles. The van der Waals surface area contributed by atoms with Crippen molar-refractivity contribution in [2.24, 2.45) is 0 Å². The molecule has 2 heterocycles. The van der Waals surface area contributed by atoms with Gasteiger partial charge < -0.3 is 20.1 Å². The van der Waals surface area contributed by atoms with E-state index in [4.69, 9.17) is 0 Å². The van der Waals surface area contributed by atoms with Crippen LogP contribution >= 0.6 is 0 Å². The Kier molecular flexibility index (Phi) is 4.34. The summed E-state index contributed by atoms with van der Waals surface area (Å²) >= 11 is 0. The van der Waals surface area contributed by atoms with Crippen LogP contribution in [0, 0.1) is 6.92 Å². The number of fused-ring (bicyclic) bond motifs is 1. The number of hydrogen-bond donors (Lipinski definition) is 2. The average Bonchev–Trinajstić information content (AvgIpc) is 2.90. The second kappa shape index (κ2) is 6.42. The van der Waals surface area contributed by atoms with Gasteiger partial charge in [-0.05, 0) is 24.4 Å². The largest absolute Gasteiger partial charge is 0.357 e. The van der Waals surface area contributed by atoms with E-state index in [0.717, 1.165) is 16.6 Å². The van der Waals surface area contributed by atoms with Gasteiger partial charge in [-0.1, -0.05) is 18.2 Å². The molecule has 122 valence electrons. The topological polar surface area (TPSA) is 66.4 Å². The van der Waals surface area contributed by atoms with Gasteiger partial charge in [0.1, 0.15) is 12.6 Å². The van der Waals surface area contributed by atoms with Crippen molar-refractivity contribution in [1.82, 2.24) is 20.1 Å². The Morgan fingerprint density at radius 1 is 1.35 bits per heavy atom. The number of nitrogens with zero attached hydrogens (tertiary/aromatic N) is 2. The molecular weight excluding hydrogens is 292 g/mol. The summed E-state index contributed by atoms with van der Waals surface area (Å²) in [6.45, 7) is 4.02. The van der Waals surface area contributed by atoms with Gasteiger partial charge in [0.2, 0.25) is 11.8 Å². The number of aromatic nitrogens is 1. The molecule has 0 bridgehead atoms. The van der Waals surface area contributed by atoms with Crippen molar-refractivity contribution in [3.05, 3.63) is 36.0 Å². The standard InChI is InChI=1S/C17H22N4O2/c1-12-9-13-5-3-4-6-14(13)21(12)11-16(22)20-8-7-19-10-15(20)17(23)18-2/h3-6,9,15,19H,7-8,10-11H2,1-2H3,(H,18,23)/t15-/m1/s1. The number of hydrogen-bond acceptors (Lipinski definition) is 3. The maximum atomic E-state index is 12.8. The first kappa shape index (κ1) is 15.6. The number of carbonyl (C=O) groups is 2. The van der Waals surface area contributed by atoms with Gasteiger partial charge in [-0.15, -0.1) is 0 Å². The van der Waals surface area contributed by atoms with Crippen LogP contribution in [0.3, 0.4) is 0 Å². The lowest BCUT2D eigenvalue weighted by Gasteiger charge is -2.35. The molecular formula is C17H22N4O2. The molecule has 0 saturated carbocycles. The van der Waals surface area contributed by atoms with Gasteiger partial charge in [-0.3, -0.25) is 9.59 Å². The van der Waals surface area contributed by atoms with E-state index in [-0.39, 0.29) is 18.4 Å². The fraction of sp³-hybridized carbons (Fsp3) is 0.412. The zero-order valence-electron chi connectivity index (χ0n) is 13.5. The SMILES string of the molecule is CNC(=O)[C@H]1CNCCN1C(=O)Cn1c(C)cc2ccccc21. The highest BCUT2D eigenvalue weighted by atomic mass is 16.2. The minimum absolute atomic E-state index is 0.0236. The van der Waals surface area contributed by atoms with Crippen LogP contribution in [0.4, 0.5) is 0 Å². The van der Waals surface area contributed by atoms with Crippen LogP contribution in [0.1, 0.15) is 5.69 Å². The van der Waals surface area contributed by atoms with Crippen molar-refractivity contribution in [2.45, 2.75) is 19.5 Å². The summed E-state index contributed by atoms with van der Waals surface area (Å²) in [5.41, 5.74) is 2.09.